The largest absolute Gasteiger partial charge is 0.309 e. The van der Waals surface area contributed by atoms with Crippen LogP contribution in [0, 0.1) is 0 Å². The fourth-order valence-electron chi connectivity index (χ4n) is 2.64. The van der Waals surface area contributed by atoms with Crippen LogP contribution in [-0.2, 0) is 0 Å². The van der Waals surface area contributed by atoms with Gasteiger partial charge in [0.05, 0.1) is 0 Å². The molecule has 1 heterocycles. The van der Waals surface area contributed by atoms with Gasteiger partial charge in [0.25, 0.3) is 0 Å². The van der Waals surface area contributed by atoms with Gasteiger partial charge in [0.1, 0.15) is 0 Å². The van der Waals surface area contributed by atoms with Crippen molar-refractivity contribution in [3.63, 3.8) is 0 Å². The lowest BCUT2D eigenvalue weighted by atomic mass is 10.00. The molecule has 0 amide bonds. The molecule has 0 spiro atoms. The summed E-state index contributed by atoms with van der Waals surface area (Å²) in [5.74, 6) is 2.56. The van der Waals surface area contributed by atoms with Crippen LogP contribution in [-0.4, -0.2) is 28.6 Å². The summed E-state index contributed by atoms with van der Waals surface area (Å²) < 4.78 is 0. The monoisotopic (exact) mass is 329 g/mol. The molecule has 2 rings (SSSR count). The highest BCUT2D eigenvalue weighted by molar-refractivity contribution is 8.07. The van der Waals surface area contributed by atoms with Crippen LogP contribution in [0.2, 0.25) is 5.02 Å². The van der Waals surface area contributed by atoms with Gasteiger partial charge in [-0.1, -0.05) is 37.6 Å². The summed E-state index contributed by atoms with van der Waals surface area (Å²) >= 11 is 10.3. The minimum atomic E-state index is 0.440. The van der Waals surface area contributed by atoms with Gasteiger partial charge in [-0.3, -0.25) is 0 Å². The lowest BCUT2D eigenvalue weighted by molar-refractivity contribution is 0.498. The number of benzene rings is 1. The molecular formula is C16H24ClNS2. The molecule has 0 saturated carbocycles. The van der Waals surface area contributed by atoms with Crippen LogP contribution < -0.4 is 5.32 Å². The second kappa shape index (κ2) is 8.57. The lowest BCUT2D eigenvalue weighted by Gasteiger charge is -2.36. The summed E-state index contributed by atoms with van der Waals surface area (Å²) in [5, 5.41) is 5.99. The Kier molecular flexibility index (Phi) is 7.09. The lowest BCUT2D eigenvalue weighted by Crippen LogP contribution is -2.39. The molecule has 0 bridgehead atoms. The molecule has 112 valence electrons. The zero-order valence-electron chi connectivity index (χ0n) is 12.3. The first kappa shape index (κ1) is 16.5. The van der Waals surface area contributed by atoms with Crippen LogP contribution >= 0.6 is 35.1 Å². The Morgan fingerprint density at radius 1 is 1.20 bits per heavy atom. The SMILES string of the molecule is CCCNC(c1ccc(Cl)cc1)C1SCCSC1CC. The highest BCUT2D eigenvalue weighted by Gasteiger charge is 2.32. The van der Waals surface area contributed by atoms with Crippen LogP contribution in [0.3, 0.4) is 0 Å². The molecule has 1 aromatic rings. The Morgan fingerprint density at radius 3 is 2.55 bits per heavy atom. The van der Waals surface area contributed by atoms with Gasteiger partial charge in [-0.15, -0.1) is 0 Å². The molecule has 20 heavy (non-hydrogen) atoms. The molecule has 0 aromatic heterocycles. The molecule has 1 nitrogen and oxygen atoms in total. The van der Waals surface area contributed by atoms with E-state index in [0.29, 0.717) is 11.3 Å². The van der Waals surface area contributed by atoms with Crippen molar-refractivity contribution in [2.45, 2.75) is 43.2 Å². The van der Waals surface area contributed by atoms with Crippen LogP contribution in [0.15, 0.2) is 24.3 Å². The molecular weight excluding hydrogens is 306 g/mol. The average molecular weight is 330 g/mol. The Bertz CT molecular complexity index is 396. The number of halogens is 1. The third-order valence-corrected chi connectivity index (χ3v) is 7.27. The highest BCUT2D eigenvalue weighted by Crippen LogP contribution is 2.40. The molecule has 1 fully saturated rings. The first-order valence-corrected chi connectivity index (χ1v) is 9.95. The zero-order chi connectivity index (χ0) is 14.4. The van der Waals surface area contributed by atoms with E-state index in [1.807, 2.05) is 12.1 Å². The van der Waals surface area contributed by atoms with Crippen molar-refractivity contribution >= 4 is 35.1 Å². The summed E-state index contributed by atoms with van der Waals surface area (Å²) in [6.07, 6.45) is 2.42. The maximum Gasteiger partial charge on any atom is 0.0451 e. The topological polar surface area (TPSA) is 12.0 Å². The highest BCUT2D eigenvalue weighted by atomic mass is 35.5. The predicted octanol–water partition coefficient (Wildman–Crippen LogP) is 5.01. The van der Waals surface area contributed by atoms with Crippen LogP contribution in [0.25, 0.3) is 0 Å². The minimum absolute atomic E-state index is 0.440. The van der Waals surface area contributed by atoms with E-state index < -0.39 is 0 Å². The van der Waals surface area contributed by atoms with Crippen molar-refractivity contribution in [2.24, 2.45) is 0 Å². The standard InChI is InChI=1S/C16H24ClNS2/c1-3-9-18-15(12-5-7-13(17)8-6-12)16-14(4-2)19-10-11-20-16/h5-8,14-16,18H,3-4,9-11H2,1-2H3. The number of thioether (sulfide) groups is 2. The van der Waals surface area contributed by atoms with Crippen LogP contribution in [0.5, 0.6) is 0 Å². The molecule has 0 radical (unpaired) electrons. The number of hydrogen-bond donors (Lipinski definition) is 1. The molecule has 3 unspecified atom stereocenters. The van der Waals surface area contributed by atoms with E-state index in [1.54, 1.807) is 0 Å². The van der Waals surface area contributed by atoms with E-state index in [-0.39, 0.29) is 0 Å². The summed E-state index contributed by atoms with van der Waals surface area (Å²) in [7, 11) is 0. The van der Waals surface area contributed by atoms with E-state index in [4.69, 9.17) is 11.6 Å². The molecule has 4 heteroatoms. The van der Waals surface area contributed by atoms with Gasteiger partial charge < -0.3 is 5.32 Å². The second-order valence-electron chi connectivity index (χ2n) is 5.14. The predicted molar refractivity (Wildman–Crippen MR) is 95.3 cm³/mol. The van der Waals surface area contributed by atoms with Crippen molar-refractivity contribution in [1.82, 2.24) is 5.32 Å². The van der Waals surface area contributed by atoms with Crippen molar-refractivity contribution in [2.75, 3.05) is 18.1 Å². The molecule has 3 atom stereocenters. The van der Waals surface area contributed by atoms with E-state index in [2.05, 4.69) is 54.8 Å². The number of rotatable bonds is 6. The quantitative estimate of drug-likeness (QED) is 0.788. The van der Waals surface area contributed by atoms with Crippen LogP contribution in [0.1, 0.15) is 38.3 Å². The summed E-state index contributed by atoms with van der Waals surface area (Å²) in [6.45, 7) is 5.62. The fourth-order valence-corrected chi connectivity index (χ4v) is 6.02. The van der Waals surface area contributed by atoms with E-state index in [9.17, 15) is 0 Å². The Labute approximate surface area is 136 Å². The second-order valence-corrected chi connectivity index (χ2v) is 8.21. The van der Waals surface area contributed by atoms with E-state index in [0.717, 1.165) is 16.8 Å². The summed E-state index contributed by atoms with van der Waals surface area (Å²) in [6, 6.07) is 8.83. The van der Waals surface area contributed by atoms with E-state index in [1.165, 1.54) is 29.9 Å². The Hall–Kier alpha value is 0.170. The zero-order valence-corrected chi connectivity index (χ0v) is 14.7. The smallest absolute Gasteiger partial charge is 0.0451 e. The van der Waals surface area contributed by atoms with Gasteiger partial charge in [0, 0.05) is 33.1 Å². The van der Waals surface area contributed by atoms with Crippen molar-refractivity contribution in [1.29, 1.82) is 0 Å². The first-order valence-electron chi connectivity index (χ1n) is 7.48. The Balaban J connectivity index is 2.18. The average Bonchev–Trinajstić information content (AvgIpc) is 2.50. The van der Waals surface area contributed by atoms with Crippen molar-refractivity contribution in [3.8, 4) is 0 Å². The Morgan fingerprint density at radius 2 is 1.90 bits per heavy atom. The molecule has 1 aromatic carbocycles. The molecule has 0 aliphatic carbocycles. The maximum atomic E-state index is 6.03. The number of nitrogens with one attached hydrogen (secondary N) is 1. The van der Waals surface area contributed by atoms with Gasteiger partial charge in [-0.05, 0) is 37.1 Å². The minimum Gasteiger partial charge on any atom is -0.309 e. The molecule has 1 saturated heterocycles. The first-order chi connectivity index (χ1) is 9.76. The van der Waals surface area contributed by atoms with Crippen molar-refractivity contribution < 1.29 is 0 Å². The molecule has 1 N–H and O–H groups in total. The number of hydrogen-bond acceptors (Lipinski definition) is 3. The van der Waals surface area contributed by atoms with Gasteiger partial charge in [0.2, 0.25) is 0 Å². The third-order valence-electron chi connectivity index (χ3n) is 3.67. The van der Waals surface area contributed by atoms with Gasteiger partial charge in [0.15, 0.2) is 0 Å². The maximum absolute atomic E-state index is 6.03. The van der Waals surface area contributed by atoms with E-state index >= 15 is 0 Å². The summed E-state index contributed by atoms with van der Waals surface area (Å²) in [4.78, 5) is 0. The molecule has 1 aliphatic rings. The molecule has 1 aliphatic heterocycles. The van der Waals surface area contributed by atoms with Gasteiger partial charge in [-0.2, -0.15) is 23.5 Å². The van der Waals surface area contributed by atoms with Crippen molar-refractivity contribution in [3.05, 3.63) is 34.9 Å². The normalized spacial score (nSPS) is 24.6. The third kappa shape index (κ3) is 4.33. The van der Waals surface area contributed by atoms with Gasteiger partial charge in [-0.25, -0.2) is 0 Å². The van der Waals surface area contributed by atoms with Gasteiger partial charge >= 0.3 is 0 Å². The summed E-state index contributed by atoms with van der Waals surface area (Å²) in [5.41, 5.74) is 1.38. The van der Waals surface area contributed by atoms with Crippen LogP contribution in [0.4, 0.5) is 0 Å². The fraction of sp³-hybridized carbons (Fsp3) is 0.625.